The van der Waals surface area contributed by atoms with Gasteiger partial charge in [0.05, 0.1) is 6.33 Å². The Morgan fingerprint density at radius 3 is 2.84 bits per heavy atom. The number of nitrogens with one attached hydrogen (secondary N) is 2. The fourth-order valence-corrected chi connectivity index (χ4v) is 2.21. The van der Waals surface area contributed by atoms with Gasteiger partial charge in [0.2, 0.25) is 5.91 Å². The molecule has 0 spiro atoms. The second-order valence-corrected chi connectivity index (χ2v) is 4.72. The first-order chi connectivity index (χ1) is 9.31. The summed E-state index contributed by atoms with van der Waals surface area (Å²) < 4.78 is 1.97. The molecule has 1 aliphatic heterocycles. The fraction of sp³-hybridized carbons (Fsp3) is 0.286. The van der Waals surface area contributed by atoms with Crippen LogP contribution in [0, 0.1) is 0 Å². The second kappa shape index (κ2) is 5.24. The van der Waals surface area contributed by atoms with Gasteiger partial charge in [0.15, 0.2) is 0 Å². The smallest absolute Gasteiger partial charge is 0.221 e. The van der Waals surface area contributed by atoms with E-state index in [-0.39, 0.29) is 11.9 Å². The van der Waals surface area contributed by atoms with E-state index < -0.39 is 0 Å². The third-order valence-electron chi connectivity index (χ3n) is 3.31. The van der Waals surface area contributed by atoms with Gasteiger partial charge < -0.3 is 15.2 Å². The van der Waals surface area contributed by atoms with Crippen LogP contribution in [0.2, 0.25) is 0 Å². The lowest BCUT2D eigenvalue weighted by Gasteiger charge is -2.10. The van der Waals surface area contributed by atoms with E-state index in [1.807, 2.05) is 10.8 Å². The van der Waals surface area contributed by atoms with Crippen molar-refractivity contribution < 1.29 is 4.79 Å². The van der Waals surface area contributed by atoms with Crippen LogP contribution in [0.1, 0.15) is 12.0 Å². The van der Waals surface area contributed by atoms with Crippen molar-refractivity contribution in [3.63, 3.8) is 0 Å². The number of hydrogen-bond acceptors (Lipinski definition) is 3. The van der Waals surface area contributed by atoms with Crippen LogP contribution < -0.4 is 10.6 Å². The summed E-state index contributed by atoms with van der Waals surface area (Å²) in [7, 11) is 0. The van der Waals surface area contributed by atoms with Crippen LogP contribution in [0.3, 0.4) is 0 Å². The SMILES string of the molecule is O=C1CC(NCc2ccc(-n3ccnc3)cc2)CN1. The number of benzene rings is 1. The van der Waals surface area contributed by atoms with E-state index in [4.69, 9.17) is 0 Å². The van der Waals surface area contributed by atoms with E-state index in [1.165, 1.54) is 5.56 Å². The van der Waals surface area contributed by atoms with Gasteiger partial charge in [-0.1, -0.05) is 12.1 Å². The Labute approximate surface area is 111 Å². The summed E-state index contributed by atoms with van der Waals surface area (Å²) >= 11 is 0. The summed E-state index contributed by atoms with van der Waals surface area (Å²) in [6.45, 7) is 1.51. The third-order valence-corrected chi connectivity index (χ3v) is 3.31. The van der Waals surface area contributed by atoms with Crippen LogP contribution in [-0.4, -0.2) is 28.0 Å². The standard InChI is InChI=1S/C14H16N4O/c19-14-7-12(9-17-14)16-8-11-1-3-13(4-2-11)18-6-5-15-10-18/h1-6,10,12,16H,7-9H2,(H,17,19). The van der Waals surface area contributed by atoms with Crippen LogP contribution in [0.25, 0.3) is 5.69 Å². The minimum atomic E-state index is 0.132. The highest BCUT2D eigenvalue weighted by Crippen LogP contribution is 2.10. The first-order valence-electron chi connectivity index (χ1n) is 6.38. The second-order valence-electron chi connectivity index (χ2n) is 4.72. The van der Waals surface area contributed by atoms with Crippen molar-refractivity contribution in [3.05, 3.63) is 48.5 Å². The molecule has 2 N–H and O–H groups in total. The number of carbonyl (C=O) groups is 1. The number of amides is 1. The maximum atomic E-state index is 11.1. The third kappa shape index (κ3) is 2.82. The fourth-order valence-electron chi connectivity index (χ4n) is 2.21. The molecule has 2 heterocycles. The first-order valence-corrected chi connectivity index (χ1v) is 6.38. The van der Waals surface area contributed by atoms with Crippen molar-refractivity contribution in [2.75, 3.05) is 6.54 Å². The topological polar surface area (TPSA) is 59.0 Å². The molecule has 2 aromatic rings. The van der Waals surface area contributed by atoms with Gasteiger partial charge in [0.25, 0.3) is 0 Å². The van der Waals surface area contributed by atoms with E-state index >= 15 is 0 Å². The molecule has 1 atom stereocenters. The van der Waals surface area contributed by atoms with Crippen LogP contribution in [0.5, 0.6) is 0 Å². The van der Waals surface area contributed by atoms with E-state index in [9.17, 15) is 4.79 Å². The van der Waals surface area contributed by atoms with Crippen LogP contribution in [-0.2, 0) is 11.3 Å². The predicted octanol–water partition coefficient (Wildman–Crippen LogP) is 0.850. The molecule has 0 aliphatic carbocycles. The number of carbonyl (C=O) groups excluding carboxylic acids is 1. The molecule has 1 saturated heterocycles. The zero-order valence-corrected chi connectivity index (χ0v) is 10.5. The molecule has 1 unspecified atom stereocenters. The minimum absolute atomic E-state index is 0.132. The van der Waals surface area contributed by atoms with Crippen molar-refractivity contribution in [2.45, 2.75) is 19.0 Å². The molecular formula is C14H16N4O. The van der Waals surface area contributed by atoms with Crippen molar-refractivity contribution >= 4 is 5.91 Å². The quantitative estimate of drug-likeness (QED) is 0.852. The average Bonchev–Trinajstić information content (AvgIpc) is 3.08. The van der Waals surface area contributed by atoms with Gasteiger partial charge in [-0.2, -0.15) is 0 Å². The molecule has 19 heavy (non-hydrogen) atoms. The lowest BCUT2D eigenvalue weighted by molar-refractivity contribution is -0.119. The molecule has 0 bridgehead atoms. The summed E-state index contributed by atoms with van der Waals surface area (Å²) in [4.78, 5) is 15.1. The van der Waals surface area contributed by atoms with Gasteiger partial charge in [-0.15, -0.1) is 0 Å². The zero-order valence-electron chi connectivity index (χ0n) is 10.5. The number of hydrogen-bond donors (Lipinski definition) is 2. The zero-order chi connectivity index (χ0) is 13.1. The van der Waals surface area contributed by atoms with Gasteiger partial charge in [-0.3, -0.25) is 4.79 Å². The largest absolute Gasteiger partial charge is 0.354 e. The van der Waals surface area contributed by atoms with Crippen LogP contribution >= 0.6 is 0 Å². The van der Waals surface area contributed by atoms with Gasteiger partial charge in [-0.05, 0) is 17.7 Å². The Hall–Kier alpha value is -2.14. The van der Waals surface area contributed by atoms with Gasteiger partial charge in [0, 0.05) is 43.6 Å². The summed E-state index contributed by atoms with van der Waals surface area (Å²) in [5.74, 6) is 0.132. The highest BCUT2D eigenvalue weighted by molar-refractivity contribution is 5.78. The maximum absolute atomic E-state index is 11.1. The van der Waals surface area contributed by atoms with Crippen molar-refractivity contribution in [1.29, 1.82) is 0 Å². The normalized spacial score (nSPS) is 18.5. The molecule has 5 heteroatoms. The minimum Gasteiger partial charge on any atom is -0.354 e. The van der Waals surface area contributed by atoms with Crippen LogP contribution in [0.4, 0.5) is 0 Å². The van der Waals surface area contributed by atoms with E-state index in [2.05, 4.69) is 39.9 Å². The Morgan fingerprint density at radius 2 is 2.21 bits per heavy atom. The lowest BCUT2D eigenvalue weighted by atomic mass is 10.2. The van der Waals surface area contributed by atoms with Crippen LogP contribution in [0.15, 0.2) is 43.0 Å². The first kappa shape index (κ1) is 11.9. The molecule has 1 aromatic heterocycles. The molecule has 5 nitrogen and oxygen atoms in total. The number of imidazole rings is 1. The molecule has 98 valence electrons. The highest BCUT2D eigenvalue weighted by Gasteiger charge is 2.20. The van der Waals surface area contributed by atoms with Crippen molar-refractivity contribution in [3.8, 4) is 5.69 Å². The molecule has 1 aromatic carbocycles. The Bertz CT molecular complexity index is 547. The molecule has 0 radical (unpaired) electrons. The average molecular weight is 256 g/mol. The van der Waals surface area contributed by atoms with E-state index in [0.717, 1.165) is 18.8 Å². The molecule has 1 fully saturated rings. The molecule has 3 rings (SSSR count). The number of rotatable bonds is 4. The predicted molar refractivity (Wildman–Crippen MR) is 71.8 cm³/mol. The Balaban J connectivity index is 1.59. The highest BCUT2D eigenvalue weighted by atomic mass is 16.1. The summed E-state index contributed by atoms with van der Waals surface area (Å²) in [5, 5.41) is 6.20. The maximum Gasteiger partial charge on any atom is 0.221 e. The Morgan fingerprint density at radius 1 is 1.37 bits per heavy atom. The molecule has 0 saturated carbocycles. The van der Waals surface area contributed by atoms with Gasteiger partial charge >= 0.3 is 0 Å². The number of nitrogens with zero attached hydrogens (tertiary/aromatic N) is 2. The van der Waals surface area contributed by atoms with Crippen molar-refractivity contribution in [1.82, 2.24) is 20.2 Å². The lowest BCUT2D eigenvalue weighted by Crippen LogP contribution is -2.30. The van der Waals surface area contributed by atoms with Gasteiger partial charge in [0.1, 0.15) is 0 Å². The van der Waals surface area contributed by atoms with Crippen molar-refractivity contribution in [2.24, 2.45) is 0 Å². The van der Waals surface area contributed by atoms with E-state index in [1.54, 1.807) is 12.5 Å². The van der Waals surface area contributed by atoms with Gasteiger partial charge in [-0.25, -0.2) is 4.98 Å². The van der Waals surface area contributed by atoms with E-state index in [0.29, 0.717) is 6.42 Å². The number of aromatic nitrogens is 2. The Kier molecular flexibility index (Phi) is 3.29. The summed E-state index contributed by atoms with van der Waals surface area (Å²) in [6.07, 6.45) is 6.04. The molecule has 1 amide bonds. The molecule has 1 aliphatic rings. The summed E-state index contributed by atoms with van der Waals surface area (Å²) in [5.41, 5.74) is 2.31. The monoisotopic (exact) mass is 256 g/mol. The summed E-state index contributed by atoms with van der Waals surface area (Å²) in [6, 6.07) is 8.56. The molecular weight excluding hydrogens is 240 g/mol.